The molecule has 2 rings (SSSR count). The van der Waals surface area contributed by atoms with Crippen molar-refractivity contribution in [3.05, 3.63) is 21.9 Å². The normalized spacial score (nSPS) is 23.9. The Morgan fingerprint density at radius 2 is 2.05 bits per heavy atom. The van der Waals surface area contributed by atoms with Gasteiger partial charge in [0, 0.05) is 41.5 Å². The monoisotopic (exact) mass is 308 g/mol. The van der Waals surface area contributed by atoms with E-state index in [4.69, 9.17) is 0 Å². The van der Waals surface area contributed by atoms with Crippen molar-refractivity contribution in [3.8, 4) is 0 Å². The smallest absolute Gasteiger partial charge is 0.0332 e. The highest BCUT2D eigenvalue weighted by Crippen LogP contribution is 2.23. The maximum Gasteiger partial charge on any atom is 0.0332 e. The van der Waals surface area contributed by atoms with Crippen LogP contribution in [0.15, 0.2) is 12.1 Å². The highest BCUT2D eigenvalue weighted by Gasteiger charge is 2.28. The zero-order chi connectivity index (χ0) is 15.2. The van der Waals surface area contributed by atoms with E-state index in [-0.39, 0.29) is 0 Å². The van der Waals surface area contributed by atoms with Gasteiger partial charge in [0.15, 0.2) is 0 Å². The molecule has 0 radical (unpaired) electrons. The average Bonchev–Trinajstić information content (AvgIpc) is 2.89. The maximum absolute atomic E-state index is 3.77. The fraction of sp³-hybridized carbons (Fsp3) is 0.778. The molecule has 2 unspecified atom stereocenters. The van der Waals surface area contributed by atoms with Crippen LogP contribution in [0.4, 0.5) is 0 Å². The number of nitrogens with zero attached hydrogens (tertiary/aromatic N) is 1. The first-order chi connectivity index (χ1) is 10.1. The van der Waals surface area contributed by atoms with Crippen LogP contribution in [0.3, 0.4) is 0 Å². The minimum atomic E-state index is 0.684. The molecule has 120 valence electrons. The topological polar surface area (TPSA) is 15.3 Å². The maximum atomic E-state index is 3.77. The molecule has 1 aliphatic rings. The molecule has 0 saturated carbocycles. The molecule has 0 amide bonds. The average molecular weight is 309 g/mol. The number of rotatable bonds is 7. The van der Waals surface area contributed by atoms with Gasteiger partial charge < -0.3 is 5.32 Å². The summed E-state index contributed by atoms with van der Waals surface area (Å²) in [4.78, 5) is 5.80. The lowest BCUT2D eigenvalue weighted by Crippen LogP contribution is -2.56. The van der Waals surface area contributed by atoms with Gasteiger partial charge in [0.25, 0.3) is 0 Å². The van der Waals surface area contributed by atoms with Crippen molar-refractivity contribution in [2.75, 3.05) is 13.1 Å². The zero-order valence-electron chi connectivity index (χ0n) is 14.2. The van der Waals surface area contributed by atoms with E-state index in [1.807, 2.05) is 11.3 Å². The molecule has 1 aromatic rings. The summed E-state index contributed by atoms with van der Waals surface area (Å²) in [6, 6.07) is 6.03. The Morgan fingerprint density at radius 1 is 1.29 bits per heavy atom. The Hall–Kier alpha value is -0.380. The van der Waals surface area contributed by atoms with Crippen LogP contribution in [0.5, 0.6) is 0 Å². The van der Waals surface area contributed by atoms with E-state index in [9.17, 15) is 0 Å². The molecule has 1 aliphatic heterocycles. The van der Waals surface area contributed by atoms with E-state index < -0.39 is 0 Å². The molecule has 0 bridgehead atoms. The van der Waals surface area contributed by atoms with Crippen LogP contribution in [0.1, 0.15) is 56.7 Å². The molecule has 3 heteroatoms. The van der Waals surface area contributed by atoms with Crippen LogP contribution in [-0.4, -0.2) is 30.1 Å². The number of piperazine rings is 1. The summed E-state index contributed by atoms with van der Waals surface area (Å²) in [6.45, 7) is 12.7. The van der Waals surface area contributed by atoms with Gasteiger partial charge in [-0.15, -0.1) is 11.3 Å². The summed E-state index contributed by atoms with van der Waals surface area (Å²) >= 11 is 2.00. The van der Waals surface area contributed by atoms with Gasteiger partial charge in [-0.05, 0) is 37.3 Å². The third-order valence-corrected chi connectivity index (χ3v) is 5.63. The lowest BCUT2D eigenvalue weighted by Gasteiger charge is -2.41. The molecule has 1 fully saturated rings. The Kier molecular flexibility index (Phi) is 6.72. The van der Waals surface area contributed by atoms with Gasteiger partial charge >= 0.3 is 0 Å². The molecule has 2 heterocycles. The predicted octanol–water partition coefficient (Wildman–Crippen LogP) is 4.30. The molecule has 1 N–H and O–H groups in total. The van der Waals surface area contributed by atoms with Gasteiger partial charge in [0.2, 0.25) is 0 Å². The lowest BCUT2D eigenvalue weighted by atomic mass is 9.97. The van der Waals surface area contributed by atoms with E-state index in [1.54, 1.807) is 0 Å². The molecule has 0 aliphatic carbocycles. The quantitative estimate of drug-likeness (QED) is 0.808. The highest BCUT2D eigenvalue weighted by molar-refractivity contribution is 7.11. The van der Waals surface area contributed by atoms with E-state index >= 15 is 0 Å². The third kappa shape index (κ3) is 5.08. The van der Waals surface area contributed by atoms with Gasteiger partial charge in [-0.1, -0.05) is 34.1 Å². The Labute approximate surface area is 134 Å². The summed E-state index contributed by atoms with van der Waals surface area (Å²) in [5.41, 5.74) is 0. The molecule has 2 atom stereocenters. The second kappa shape index (κ2) is 8.30. The molecular weight excluding hydrogens is 276 g/mol. The van der Waals surface area contributed by atoms with Crippen molar-refractivity contribution in [2.24, 2.45) is 5.92 Å². The largest absolute Gasteiger partial charge is 0.311 e. The lowest BCUT2D eigenvalue weighted by molar-refractivity contribution is 0.105. The van der Waals surface area contributed by atoms with Crippen LogP contribution in [-0.2, 0) is 13.0 Å². The second-order valence-electron chi connectivity index (χ2n) is 6.83. The molecule has 0 spiro atoms. The summed E-state index contributed by atoms with van der Waals surface area (Å²) < 4.78 is 0. The van der Waals surface area contributed by atoms with Gasteiger partial charge in [0.05, 0.1) is 0 Å². The van der Waals surface area contributed by atoms with Crippen molar-refractivity contribution < 1.29 is 0 Å². The minimum Gasteiger partial charge on any atom is -0.311 e. The fourth-order valence-corrected chi connectivity index (χ4v) is 4.32. The molecule has 1 aromatic heterocycles. The summed E-state index contributed by atoms with van der Waals surface area (Å²) in [5.74, 6) is 0.775. The summed E-state index contributed by atoms with van der Waals surface area (Å²) in [5, 5.41) is 3.77. The van der Waals surface area contributed by atoms with Gasteiger partial charge in [-0.3, -0.25) is 4.90 Å². The van der Waals surface area contributed by atoms with Crippen molar-refractivity contribution in [1.29, 1.82) is 0 Å². The van der Waals surface area contributed by atoms with Gasteiger partial charge in [-0.25, -0.2) is 0 Å². The molecule has 2 nitrogen and oxygen atoms in total. The zero-order valence-corrected chi connectivity index (χ0v) is 15.0. The van der Waals surface area contributed by atoms with Crippen molar-refractivity contribution in [3.63, 3.8) is 0 Å². The van der Waals surface area contributed by atoms with Crippen LogP contribution in [0.2, 0.25) is 0 Å². The highest BCUT2D eigenvalue weighted by atomic mass is 32.1. The first-order valence-corrected chi connectivity index (χ1v) is 9.49. The summed E-state index contributed by atoms with van der Waals surface area (Å²) in [6.07, 6.45) is 5.05. The van der Waals surface area contributed by atoms with Gasteiger partial charge in [-0.2, -0.15) is 0 Å². The summed E-state index contributed by atoms with van der Waals surface area (Å²) in [7, 11) is 0. The minimum absolute atomic E-state index is 0.684. The van der Waals surface area contributed by atoms with E-state index in [1.165, 1.54) is 42.0 Å². The number of hydrogen-bond donors (Lipinski definition) is 1. The predicted molar refractivity (Wildman–Crippen MR) is 94.0 cm³/mol. The second-order valence-corrected chi connectivity index (χ2v) is 8.08. The third-order valence-electron chi connectivity index (χ3n) is 4.42. The van der Waals surface area contributed by atoms with Crippen LogP contribution < -0.4 is 5.32 Å². The first-order valence-electron chi connectivity index (χ1n) is 8.67. The van der Waals surface area contributed by atoms with Crippen molar-refractivity contribution in [2.45, 2.75) is 72.0 Å². The van der Waals surface area contributed by atoms with Crippen LogP contribution in [0.25, 0.3) is 0 Å². The molecule has 21 heavy (non-hydrogen) atoms. The number of nitrogens with one attached hydrogen (secondary N) is 1. The molecule has 1 saturated heterocycles. The Balaban J connectivity index is 2.01. The Bertz CT molecular complexity index is 413. The van der Waals surface area contributed by atoms with Crippen LogP contribution >= 0.6 is 11.3 Å². The van der Waals surface area contributed by atoms with E-state index in [0.29, 0.717) is 12.1 Å². The van der Waals surface area contributed by atoms with E-state index in [2.05, 4.69) is 50.0 Å². The Morgan fingerprint density at radius 3 is 2.67 bits per heavy atom. The van der Waals surface area contributed by atoms with Crippen molar-refractivity contribution in [1.82, 2.24) is 10.2 Å². The molecule has 0 aromatic carbocycles. The fourth-order valence-electron chi connectivity index (χ4n) is 3.34. The standard InChI is InChI=1S/C18H32N2S/c1-5-7-15-12-20(16(11-19-15)10-14(3)4)13-18-9-8-17(6-2)21-18/h8-9,14-16,19H,5-7,10-13H2,1-4H3. The van der Waals surface area contributed by atoms with Crippen molar-refractivity contribution >= 4 is 11.3 Å². The van der Waals surface area contributed by atoms with E-state index in [0.717, 1.165) is 19.0 Å². The number of hydrogen-bond acceptors (Lipinski definition) is 3. The first kappa shape index (κ1) is 17.0. The number of thiophene rings is 1. The number of aryl methyl sites for hydroxylation is 1. The van der Waals surface area contributed by atoms with Gasteiger partial charge in [0.1, 0.15) is 0 Å². The SMILES string of the molecule is CCCC1CN(Cc2ccc(CC)s2)C(CC(C)C)CN1. The molecular formula is C18H32N2S. The van der Waals surface area contributed by atoms with Crippen LogP contribution in [0, 0.1) is 5.92 Å².